The van der Waals surface area contributed by atoms with E-state index >= 15 is 0 Å². The van der Waals surface area contributed by atoms with Crippen molar-refractivity contribution in [2.45, 2.75) is 19.4 Å². The average Bonchev–Trinajstić information content (AvgIpc) is 2.76. The number of methoxy groups -OCH3 is 1. The standard InChI is InChI=1S/C24H20BrN3O3/c1-14-11-20-22(24(29)28(14)13-15-7-3-6-10-19(15)30-2)21(17(12-26)23(27)31-20)16-8-4-5-9-18(16)25/h3-11,21H,13,27H2,1-2H3. The van der Waals surface area contributed by atoms with Crippen molar-refractivity contribution in [1.82, 2.24) is 4.57 Å². The van der Waals surface area contributed by atoms with Gasteiger partial charge in [0.25, 0.3) is 5.56 Å². The van der Waals surface area contributed by atoms with Crippen LogP contribution in [0.4, 0.5) is 0 Å². The molecule has 31 heavy (non-hydrogen) atoms. The molecule has 0 aliphatic carbocycles. The topological polar surface area (TPSA) is 90.3 Å². The SMILES string of the molecule is COc1ccccc1Cn1c(C)cc2c(c1=O)C(c1ccccc1Br)C(C#N)=C(N)O2. The molecule has 1 unspecified atom stereocenters. The smallest absolute Gasteiger partial charge is 0.259 e. The Morgan fingerprint density at radius 1 is 1.23 bits per heavy atom. The first kappa shape index (κ1) is 20.8. The number of para-hydroxylation sites is 1. The molecule has 4 rings (SSSR count). The van der Waals surface area contributed by atoms with Crippen LogP contribution < -0.4 is 20.8 Å². The van der Waals surface area contributed by atoms with Gasteiger partial charge in [-0.25, -0.2) is 0 Å². The summed E-state index contributed by atoms with van der Waals surface area (Å²) in [6, 6.07) is 19.0. The number of aromatic nitrogens is 1. The molecular formula is C24H20BrN3O3. The van der Waals surface area contributed by atoms with E-state index in [0.29, 0.717) is 29.3 Å². The largest absolute Gasteiger partial charge is 0.496 e. The van der Waals surface area contributed by atoms with E-state index in [4.69, 9.17) is 15.2 Å². The summed E-state index contributed by atoms with van der Waals surface area (Å²) in [6.07, 6.45) is 0. The van der Waals surface area contributed by atoms with Crippen LogP contribution in [0.25, 0.3) is 0 Å². The molecule has 156 valence electrons. The molecule has 2 heterocycles. The van der Waals surface area contributed by atoms with E-state index in [9.17, 15) is 10.1 Å². The van der Waals surface area contributed by atoms with Gasteiger partial charge >= 0.3 is 0 Å². The highest BCUT2D eigenvalue weighted by Crippen LogP contribution is 2.42. The van der Waals surface area contributed by atoms with Gasteiger partial charge in [0.15, 0.2) is 0 Å². The van der Waals surface area contributed by atoms with Gasteiger partial charge in [-0.1, -0.05) is 52.3 Å². The third-order valence-corrected chi connectivity index (χ3v) is 6.15. The minimum absolute atomic E-state index is 0.0111. The summed E-state index contributed by atoms with van der Waals surface area (Å²) in [7, 11) is 1.60. The molecule has 7 heteroatoms. The van der Waals surface area contributed by atoms with Gasteiger partial charge in [-0.15, -0.1) is 0 Å². The molecule has 0 amide bonds. The van der Waals surface area contributed by atoms with E-state index in [0.717, 1.165) is 15.6 Å². The molecule has 2 aromatic carbocycles. The minimum Gasteiger partial charge on any atom is -0.496 e. The average molecular weight is 478 g/mol. The lowest BCUT2D eigenvalue weighted by molar-refractivity contribution is 0.388. The molecule has 0 saturated carbocycles. The zero-order valence-electron chi connectivity index (χ0n) is 17.1. The Kier molecular flexibility index (Phi) is 5.57. The molecule has 6 nitrogen and oxygen atoms in total. The summed E-state index contributed by atoms with van der Waals surface area (Å²) in [6.45, 7) is 2.17. The number of hydrogen-bond donors (Lipinski definition) is 1. The lowest BCUT2D eigenvalue weighted by Gasteiger charge is -2.28. The number of aryl methyl sites for hydroxylation is 1. The van der Waals surface area contributed by atoms with Gasteiger partial charge in [0.05, 0.1) is 25.1 Å². The fourth-order valence-electron chi connectivity index (χ4n) is 3.91. The molecule has 1 aliphatic rings. The van der Waals surface area contributed by atoms with Crippen molar-refractivity contribution in [3.63, 3.8) is 0 Å². The van der Waals surface area contributed by atoms with Crippen molar-refractivity contribution < 1.29 is 9.47 Å². The van der Waals surface area contributed by atoms with Crippen LogP contribution in [0.1, 0.15) is 28.3 Å². The zero-order valence-corrected chi connectivity index (χ0v) is 18.6. The van der Waals surface area contributed by atoms with Gasteiger partial charge in [-0.3, -0.25) is 4.79 Å². The summed E-state index contributed by atoms with van der Waals surface area (Å²) in [5, 5.41) is 9.82. The van der Waals surface area contributed by atoms with Crippen LogP contribution in [0, 0.1) is 18.3 Å². The number of pyridine rings is 1. The van der Waals surface area contributed by atoms with Gasteiger partial charge in [-0.05, 0) is 24.6 Å². The number of ether oxygens (including phenoxy) is 2. The minimum atomic E-state index is -0.638. The van der Waals surface area contributed by atoms with Gasteiger partial charge in [-0.2, -0.15) is 5.26 Å². The van der Waals surface area contributed by atoms with E-state index in [-0.39, 0.29) is 17.0 Å². The molecule has 3 aromatic rings. The van der Waals surface area contributed by atoms with E-state index in [1.807, 2.05) is 55.5 Å². The molecule has 0 radical (unpaired) electrons. The van der Waals surface area contributed by atoms with Gasteiger partial charge in [0.2, 0.25) is 5.88 Å². The second kappa shape index (κ2) is 8.32. The number of nitrogens with two attached hydrogens (primary N) is 1. The Morgan fingerprint density at radius 2 is 1.94 bits per heavy atom. The molecule has 1 aliphatic heterocycles. The highest BCUT2D eigenvalue weighted by Gasteiger charge is 2.35. The monoisotopic (exact) mass is 477 g/mol. The third kappa shape index (κ3) is 3.60. The Balaban J connectivity index is 1.95. The third-order valence-electron chi connectivity index (χ3n) is 5.43. The summed E-state index contributed by atoms with van der Waals surface area (Å²) in [5.74, 6) is 0.446. The Labute approximate surface area is 188 Å². The quantitative estimate of drug-likeness (QED) is 0.607. The predicted molar refractivity (Wildman–Crippen MR) is 121 cm³/mol. The second-order valence-corrected chi connectivity index (χ2v) is 8.07. The number of halogens is 1. The zero-order chi connectivity index (χ0) is 22.1. The Morgan fingerprint density at radius 3 is 2.65 bits per heavy atom. The van der Waals surface area contributed by atoms with Crippen LogP contribution in [0.5, 0.6) is 11.5 Å². The van der Waals surface area contributed by atoms with Crippen molar-refractivity contribution in [2.75, 3.05) is 7.11 Å². The number of benzene rings is 2. The number of rotatable bonds is 4. The maximum absolute atomic E-state index is 13.8. The van der Waals surface area contributed by atoms with Crippen LogP contribution in [0.2, 0.25) is 0 Å². The Hall–Kier alpha value is -3.50. The summed E-state index contributed by atoms with van der Waals surface area (Å²) in [4.78, 5) is 13.8. The summed E-state index contributed by atoms with van der Waals surface area (Å²) >= 11 is 3.55. The van der Waals surface area contributed by atoms with E-state index in [2.05, 4.69) is 22.0 Å². The normalized spacial score (nSPS) is 15.1. The molecule has 2 N–H and O–H groups in total. The van der Waals surface area contributed by atoms with Gasteiger partial charge in [0.1, 0.15) is 23.1 Å². The fourth-order valence-corrected chi connectivity index (χ4v) is 4.42. The molecule has 0 fully saturated rings. The van der Waals surface area contributed by atoms with Gasteiger partial charge in [0, 0.05) is 21.8 Å². The van der Waals surface area contributed by atoms with Crippen molar-refractivity contribution in [3.8, 4) is 17.6 Å². The molecule has 0 bridgehead atoms. The lowest BCUT2D eigenvalue weighted by atomic mass is 9.84. The van der Waals surface area contributed by atoms with Crippen molar-refractivity contribution >= 4 is 15.9 Å². The number of fused-ring (bicyclic) bond motifs is 1. The fraction of sp³-hybridized carbons (Fsp3) is 0.167. The first-order valence-electron chi connectivity index (χ1n) is 9.64. The molecule has 1 aromatic heterocycles. The molecular weight excluding hydrogens is 458 g/mol. The van der Waals surface area contributed by atoms with Crippen LogP contribution in [0.3, 0.4) is 0 Å². The van der Waals surface area contributed by atoms with Crippen molar-refractivity contribution in [1.29, 1.82) is 5.26 Å². The first-order chi connectivity index (χ1) is 15.0. The van der Waals surface area contributed by atoms with Crippen LogP contribution >= 0.6 is 15.9 Å². The summed E-state index contributed by atoms with van der Waals surface area (Å²) in [5.41, 5.74) is 8.81. The van der Waals surface area contributed by atoms with E-state index in [1.165, 1.54) is 0 Å². The molecule has 0 spiro atoms. The number of nitriles is 1. The predicted octanol–water partition coefficient (Wildman–Crippen LogP) is 4.19. The summed E-state index contributed by atoms with van der Waals surface area (Å²) < 4.78 is 13.6. The Bertz CT molecular complexity index is 1300. The maximum Gasteiger partial charge on any atom is 0.259 e. The second-order valence-electron chi connectivity index (χ2n) is 7.21. The van der Waals surface area contributed by atoms with Crippen LogP contribution in [0.15, 0.2) is 75.3 Å². The van der Waals surface area contributed by atoms with E-state index in [1.54, 1.807) is 17.7 Å². The van der Waals surface area contributed by atoms with Crippen molar-refractivity contribution in [3.05, 3.63) is 103 Å². The lowest BCUT2D eigenvalue weighted by Crippen LogP contribution is -2.33. The highest BCUT2D eigenvalue weighted by molar-refractivity contribution is 9.10. The van der Waals surface area contributed by atoms with Crippen LogP contribution in [-0.4, -0.2) is 11.7 Å². The number of hydrogen-bond acceptors (Lipinski definition) is 5. The number of allylic oxidation sites excluding steroid dienone is 1. The maximum atomic E-state index is 13.8. The van der Waals surface area contributed by atoms with Gasteiger partial charge < -0.3 is 19.8 Å². The van der Waals surface area contributed by atoms with Crippen molar-refractivity contribution in [2.24, 2.45) is 5.73 Å². The molecule has 0 saturated heterocycles. The first-order valence-corrected chi connectivity index (χ1v) is 10.4. The van der Waals surface area contributed by atoms with E-state index < -0.39 is 5.92 Å². The molecule has 1 atom stereocenters. The van der Waals surface area contributed by atoms with Crippen LogP contribution in [-0.2, 0) is 6.54 Å². The number of nitrogens with zero attached hydrogens (tertiary/aromatic N) is 2. The highest BCUT2D eigenvalue weighted by atomic mass is 79.9.